The van der Waals surface area contributed by atoms with Crippen LogP contribution >= 0.6 is 0 Å². The summed E-state index contributed by atoms with van der Waals surface area (Å²) in [6, 6.07) is 21.0. The first-order chi connectivity index (χ1) is 15.0. The van der Waals surface area contributed by atoms with Crippen LogP contribution < -0.4 is 15.6 Å². The average Bonchev–Trinajstić information content (AvgIpc) is 2.77. The molecule has 156 valence electrons. The Balaban J connectivity index is 1.54. The lowest BCUT2D eigenvalue weighted by atomic mass is 10.0. The van der Waals surface area contributed by atoms with Crippen molar-refractivity contribution < 1.29 is 9.53 Å². The molecule has 31 heavy (non-hydrogen) atoms. The molecule has 0 bridgehead atoms. The van der Waals surface area contributed by atoms with Crippen molar-refractivity contribution in [3.63, 3.8) is 0 Å². The van der Waals surface area contributed by atoms with Gasteiger partial charge in [-0.2, -0.15) is 0 Å². The van der Waals surface area contributed by atoms with Crippen LogP contribution in [0, 0.1) is 6.92 Å². The van der Waals surface area contributed by atoms with E-state index in [1.165, 1.54) is 10.9 Å². The zero-order valence-electron chi connectivity index (χ0n) is 17.5. The van der Waals surface area contributed by atoms with Crippen molar-refractivity contribution in [2.75, 3.05) is 12.4 Å². The summed E-state index contributed by atoms with van der Waals surface area (Å²) < 4.78 is 6.80. The van der Waals surface area contributed by atoms with Gasteiger partial charge in [0.25, 0.3) is 5.56 Å². The number of fused-ring (bicyclic) bond motifs is 1. The highest BCUT2D eigenvalue weighted by Crippen LogP contribution is 2.25. The molecule has 0 spiro atoms. The van der Waals surface area contributed by atoms with E-state index in [1.54, 1.807) is 19.2 Å². The minimum absolute atomic E-state index is 0.115. The first-order valence-electron chi connectivity index (χ1n) is 10.0. The average molecular weight is 413 g/mol. The van der Waals surface area contributed by atoms with E-state index in [-0.39, 0.29) is 18.0 Å². The fraction of sp³-hybridized carbons (Fsp3) is 0.160. The smallest absolute Gasteiger partial charge is 0.261 e. The highest BCUT2D eigenvalue weighted by atomic mass is 16.5. The molecule has 3 aromatic carbocycles. The van der Waals surface area contributed by atoms with E-state index in [2.05, 4.69) is 10.3 Å². The Labute approximate surface area is 180 Å². The molecule has 0 unspecified atom stereocenters. The Morgan fingerprint density at radius 2 is 1.87 bits per heavy atom. The highest BCUT2D eigenvalue weighted by molar-refractivity contribution is 5.91. The molecule has 4 aromatic rings. The summed E-state index contributed by atoms with van der Waals surface area (Å²) in [4.78, 5) is 29.7. The summed E-state index contributed by atoms with van der Waals surface area (Å²) >= 11 is 0. The molecule has 0 atom stereocenters. The van der Waals surface area contributed by atoms with Crippen LogP contribution in [0.3, 0.4) is 0 Å². The van der Waals surface area contributed by atoms with Gasteiger partial charge in [0.15, 0.2) is 0 Å². The number of benzene rings is 3. The zero-order valence-corrected chi connectivity index (χ0v) is 17.5. The van der Waals surface area contributed by atoms with Gasteiger partial charge in [0.05, 0.1) is 24.3 Å². The van der Waals surface area contributed by atoms with Gasteiger partial charge in [0.2, 0.25) is 5.91 Å². The highest BCUT2D eigenvalue weighted by Gasteiger charge is 2.11. The van der Waals surface area contributed by atoms with Crippen molar-refractivity contribution in [1.29, 1.82) is 0 Å². The van der Waals surface area contributed by atoms with E-state index >= 15 is 0 Å². The number of amides is 1. The Morgan fingerprint density at radius 1 is 1.06 bits per heavy atom. The SMILES string of the molecule is COc1ccc(NC(=O)Cn2cnc3c(C)cccc3c2=O)cc1Cc1ccccc1. The fourth-order valence-corrected chi connectivity index (χ4v) is 3.62. The van der Waals surface area contributed by atoms with Gasteiger partial charge in [-0.05, 0) is 42.3 Å². The largest absolute Gasteiger partial charge is 0.496 e. The van der Waals surface area contributed by atoms with Gasteiger partial charge in [0, 0.05) is 17.7 Å². The van der Waals surface area contributed by atoms with Gasteiger partial charge in [-0.15, -0.1) is 0 Å². The van der Waals surface area contributed by atoms with Crippen LogP contribution in [-0.2, 0) is 17.8 Å². The summed E-state index contributed by atoms with van der Waals surface area (Å²) in [6.07, 6.45) is 2.10. The molecule has 4 rings (SSSR count). The quantitative estimate of drug-likeness (QED) is 0.520. The molecular formula is C25H23N3O3. The predicted molar refractivity (Wildman–Crippen MR) is 122 cm³/mol. The van der Waals surface area contributed by atoms with Crippen LogP contribution in [-0.4, -0.2) is 22.6 Å². The van der Waals surface area contributed by atoms with Crippen molar-refractivity contribution in [2.24, 2.45) is 0 Å². The third-order valence-corrected chi connectivity index (χ3v) is 5.17. The lowest BCUT2D eigenvalue weighted by Crippen LogP contribution is -2.28. The number of hydrogen-bond donors (Lipinski definition) is 1. The van der Waals surface area contributed by atoms with Crippen LogP contribution in [0.1, 0.15) is 16.7 Å². The van der Waals surface area contributed by atoms with E-state index in [0.717, 1.165) is 22.4 Å². The molecule has 1 heterocycles. The van der Waals surface area contributed by atoms with Gasteiger partial charge in [-0.1, -0.05) is 42.5 Å². The number of nitrogens with one attached hydrogen (secondary N) is 1. The number of ether oxygens (including phenoxy) is 1. The van der Waals surface area contributed by atoms with Gasteiger partial charge < -0.3 is 10.1 Å². The van der Waals surface area contributed by atoms with Crippen LogP contribution in [0.25, 0.3) is 10.9 Å². The van der Waals surface area contributed by atoms with Crippen molar-refractivity contribution in [1.82, 2.24) is 9.55 Å². The van der Waals surface area contributed by atoms with Crippen LogP contribution in [0.15, 0.2) is 77.9 Å². The maximum atomic E-state index is 12.7. The molecule has 1 aromatic heterocycles. The number of aryl methyl sites for hydroxylation is 1. The molecule has 1 N–H and O–H groups in total. The molecule has 1 amide bonds. The summed E-state index contributed by atoms with van der Waals surface area (Å²) in [5, 5.41) is 3.38. The Hall–Kier alpha value is -3.93. The molecular weight excluding hydrogens is 390 g/mol. The number of rotatable bonds is 6. The number of carbonyl (C=O) groups excluding carboxylic acids is 1. The summed E-state index contributed by atoms with van der Waals surface area (Å²) in [6.45, 7) is 1.79. The molecule has 6 nitrogen and oxygen atoms in total. The standard InChI is InChI=1S/C25H23N3O3/c1-17-7-6-10-21-24(17)26-16-28(25(21)30)15-23(29)27-20-11-12-22(31-2)19(14-20)13-18-8-4-3-5-9-18/h3-12,14,16H,13,15H2,1-2H3,(H,27,29). The number of nitrogens with zero attached hydrogens (tertiary/aromatic N) is 2. The number of carbonyl (C=O) groups is 1. The molecule has 0 saturated heterocycles. The number of hydrogen-bond acceptors (Lipinski definition) is 4. The van der Waals surface area contributed by atoms with Crippen LogP contribution in [0.5, 0.6) is 5.75 Å². The lowest BCUT2D eigenvalue weighted by Gasteiger charge is -2.13. The Kier molecular flexibility index (Phi) is 5.80. The van der Waals surface area contributed by atoms with Gasteiger partial charge in [0.1, 0.15) is 12.3 Å². The predicted octanol–water partition coefficient (Wildman–Crippen LogP) is 3.94. The van der Waals surface area contributed by atoms with Crippen molar-refractivity contribution in [3.8, 4) is 5.75 Å². The lowest BCUT2D eigenvalue weighted by molar-refractivity contribution is -0.116. The maximum absolute atomic E-state index is 12.7. The van der Waals surface area contributed by atoms with Crippen molar-refractivity contribution in [2.45, 2.75) is 19.9 Å². The van der Waals surface area contributed by atoms with Gasteiger partial charge in [-0.25, -0.2) is 4.98 Å². The molecule has 0 radical (unpaired) electrons. The molecule has 0 aliphatic heterocycles. The monoisotopic (exact) mass is 413 g/mol. The summed E-state index contributed by atoms with van der Waals surface area (Å²) in [5.41, 5.74) is 4.11. The zero-order chi connectivity index (χ0) is 21.8. The van der Waals surface area contributed by atoms with E-state index in [0.29, 0.717) is 23.0 Å². The molecule has 0 saturated carbocycles. The fourth-order valence-electron chi connectivity index (χ4n) is 3.62. The second-order valence-electron chi connectivity index (χ2n) is 7.39. The third-order valence-electron chi connectivity index (χ3n) is 5.17. The van der Waals surface area contributed by atoms with Gasteiger partial charge in [-0.3, -0.25) is 14.2 Å². The second-order valence-corrected chi connectivity index (χ2v) is 7.39. The molecule has 6 heteroatoms. The first-order valence-corrected chi connectivity index (χ1v) is 10.0. The van der Waals surface area contributed by atoms with Gasteiger partial charge >= 0.3 is 0 Å². The Morgan fingerprint density at radius 3 is 2.65 bits per heavy atom. The number of aromatic nitrogens is 2. The number of methoxy groups -OCH3 is 1. The van der Waals surface area contributed by atoms with Crippen molar-refractivity contribution in [3.05, 3.63) is 100 Å². The normalized spacial score (nSPS) is 10.8. The van der Waals surface area contributed by atoms with E-state index < -0.39 is 0 Å². The first kappa shape index (κ1) is 20.3. The van der Waals surface area contributed by atoms with Crippen LogP contribution in [0.2, 0.25) is 0 Å². The molecule has 0 fully saturated rings. The third kappa shape index (κ3) is 4.48. The minimum atomic E-state index is -0.299. The van der Waals surface area contributed by atoms with Crippen LogP contribution in [0.4, 0.5) is 5.69 Å². The molecule has 0 aliphatic rings. The second kappa shape index (κ2) is 8.83. The van der Waals surface area contributed by atoms with E-state index in [4.69, 9.17) is 4.74 Å². The molecule has 0 aliphatic carbocycles. The summed E-state index contributed by atoms with van der Waals surface area (Å²) in [5.74, 6) is 0.457. The van der Waals surface area contributed by atoms with Crippen molar-refractivity contribution >= 4 is 22.5 Å². The van der Waals surface area contributed by atoms with E-state index in [9.17, 15) is 9.59 Å². The minimum Gasteiger partial charge on any atom is -0.496 e. The number of anilines is 1. The Bertz CT molecular complexity index is 1300. The number of para-hydroxylation sites is 1. The summed E-state index contributed by atoms with van der Waals surface area (Å²) in [7, 11) is 1.63. The van der Waals surface area contributed by atoms with E-state index in [1.807, 2.05) is 61.5 Å². The maximum Gasteiger partial charge on any atom is 0.261 e. The topological polar surface area (TPSA) is 73.2 Å².